The average Bonchev–Trinajstić information content (AvgIpc) is 3.22. The Kier molecular flexibility index (Phi) is 8.85. The van der Waals surface area contributed by atoms with Gasteiger partial charge < -0.3 is 23.7 Å². The molecule has 206 valence electrons. The molecule has 4 aliphatic carbocycles. The fraction of sp³-hybridized carbons (Fsp3) is 0.931. The van der Waals surface area contributed by atoms with Gasteiger partial charge in [-0.1, -0.05) is 20.8 Å². The van der Waals surface area contributed by atoms with Crippen LogP contribution in [0.3, 0.4) is 0 Å². The third kappa shape index (κ3) is 5.02. The van der Waals surface area contributed by atoms with E-state index in [-0.39, 0.29) is 30.0 Å². The van der Waals surface area contributed by atoms with E-state index in [0.717, 1.165) is 25.7 Å². The smallest absolute Gasteiger partial charge is 0.374 e. The van der Waals surface area contributed by atoms with Crippen molar-refractivity contribution in [1.29, 1.82) is 0 Å². The highest BCUT2D eigenvalue weighted by Crippen LogP contribution is 2.68. The van der Waals surface area contributed by atoms with E-state index in [1.807, 2.05) is 0 Å². The van der Waals surface area contributed by atoms with Crippen LogP contribution in [0.1, 0.15) is 78.6 Å². The van der Waals surface area contributed by atoms with Crippen LogP contribution in [0, 0.1) is 46.3 Å². The van der Waals surface area contributed by atoms with Gasteiger partial charge in [0.2, 0.25) is 5.78 Å². The highest BCUT2D eigenvalue weighted by atomic mass is 16.7. The van der Waals surface area contributed by atoms with E-state index < -0.39 is 11.8 Å². The molecule has 4 saturated carbocycles. The summed E-state index contributed by atoms with van der Waals surface area (Å²) in [4.78, 5) is 24.2. The molecule has 0 aromatic rings. The predicted molar refractivity (Wildman–Crippen MR) is 135 cm³/mol. The second-order valence-corrected chi connectivity index (χ2v) is 12.6. The Balaban J connectivity index is 1.55. The monoisotopic (exact) mass is 508 g/mol. The van der Waals surface area contributed by atoms with Crippen LogP contribution >= 0.6 is 0 Å². The summed E-state index contributed by atoms with van der Waals surface area (Å²) in [5.74, 6) is 1.77. The summed E-state index contributed by atoms with van der Waals surface area (Å²) in [6.45, 7) is 7.85. The number of rotatable bonds is 10. The molecule has 10 atom stereocenters. The van der Waals surface area contributed by atoms with Crippen LogP contribution in [0.5, 0.6) is 0 Å². The van der Waals surface area contributed by atoms with Crippen molar-refractivity contribution in [2.45, 2.75) is 90.8 Å². The number of hydrogen-bond acceptors (Lipinski definition) is 7. The molecule has 0 saturated heterocycles. The minimum absolute atomic E-state index is 0.160. The molecule has 0 aromatic heterocycles. The summed E-state index contributed by atoms with van der Waals surface area (Å²) in [5.41, 5.74) is 0.462. The second kappa shape index (κ2) is 11.4. The minimum atomic E-state index is -0.713. The summed E-state index contributed by atoms with van der Waals surface area (Å²) >= 11 is 0. The van der Waals surface area contributed by atoms with E-state index in [4.69, 9.17) is 18.9 Å². The molecular formula is C29H48O7. The topological polar surface area (TPSA) is 80.3 Å². The highest BCUT2D eigenvalue weighted by molar-refractivity contribution is 6.33. The van der Waals surface area contributed by atoms with Gasteiger partial charge in [-0.2, -0.15) is 0 Å². The quantitative estimate of drug-likeness (QED) is 0.233. The number of ketones is 1. The maximum absolute atomic E-state index is 12.4. The molecule has 0 bridgehead atoms. The average molecular weight is 509 g/mol. The van der Waals surface area contributed by atoms with Crippen LogP contribution in [0.4, 0.5) is 0 Å². The number of methoxy groups -OCH3 is 3. The first-order valence-electron chi connectivity index (χ1n) is 14.0. The summed E-state index contributed by atoms with van der Waals surface area (Å²) < 4.78 is 27.7. The number of carbonyl (C=O) groups is 2. The fourth-order valence-electron chi connectivity index (χ4n) is 9.41. The fourth-order valence-corrected chi connectivity index (χ4v) is 9.41. The molecule has 4 fully saturated rings. The maximum Gasteiger partial charge on any atom is 0.374 e. The number of fused-ring (bicyclic) bond motifs is 5. The second-order valence-electron chi connectivity index (χ2n) is 12.6. The lowest BCUT2D eigenvalue weighted by Crippen LogP contribution is -2.59. The van der Waals surface area contributed by atoms with Crippen molar-refractivity contribution in [2.24, 2.45) is 46.3 Å². The molecule has 0 amide bonds. The van der Waals surface area contributed by atoms with Gasteiger partial charge in [-0.3, -0.25) is 4.79 Å². The van der Waals surface area contributed by atoms with E-state index >= 15 is 0 Å². The zero-order valence-corrected chi connectivity index (χ0v) is 23.3. The number of hydrogen-bond donors (Lipinski definition) is 0. The molecule has 0 spiro atoms. The summed E-state index contributed by atoms with van der Waals surface area (Å²) in [6.07, 6.45) is 9.83. The van der Waals surface area contributed by atoms with Gasteiger partial charge in [0.1, 0.15) is 13.6 Å². The van der Waals surface area contributed by atoms with Crippen LogP contribution in [-0.2, 0) is 33.3 Å². The van der Waals surface area contributed by atoms with Crippen LogP contribution in [0.25, 0.3) is 0 Å². The molecule has 0 heterocycles. The Morgan fingerprint density at radius 2 is 1.53 bits per heavy atom. The minimum Gasteiger partial charge on any atom is -0.463 e. The molecule has 0 aliphatic heterocycles. The van der Waals surface area contributed by atoms with E-state index in [9.17, 15) is 9.59 Å². The van der Waals surface area contributed by atoms with Gasteiger partial charge >= 0.3 is 5.97 Å². The Morgan fingerprint density at radius 3 is 2.22 bits per heavy atom. The van der Waals surface area contributed by atoms with Crippen molar-refractivity contribution in [3.05, 3.63) is 0 Å². The van der Waals surface area contributed by atoms with Gasteiger partial charge in [0.25, 0.3) is 0 Å². The largest absolute Gasteiger partial charge is 0.463 e. The standard InChI is InChI=1S/C29H48O7/c1-18(13-24(30)27(31)34-6)21-7-8-22-26-23(10-12-29(21,22)3)28(2)11-9-20(35-16-32-4)14-19(28)15-25(26)36-17-33-5/h18-23,25-26H,7-17H2,1-6H3/t18-,19+,20-,21-,22+,23?,25-,26?,28+,29-/m1/s1. The lowest BCUT2D eigenvalue weighted by Gasteiger charge is -2.63. The number of Topliss-reactive ketones (excluding diaryl/α,β-unsaturated/α-hetero) is 1. The zero-order chi connectivity index (χ0) is 26.1. The zero-order valence-electron chi connectivity index (χ0n) is 23.3. The lowest BCUT2D eigenvalue weighted by molar-refractivity contribution is -0.213. The molecule has 7 heteroatoms. The van der Waals surface area contributed by atoms with Crippen molar-refractivity contribution in [1.82, 2.24) is 0 Å². The molecule has 0 N–H and O–H groups in total. The van der Waals surface area contributed by atoms with Gasteiger partial charge in [0.15, 0.2) is 0 Å². The van der Waals surface area contributed by atoms with Crippen molar-refractivity contribution in [3.8, 4) is 0 Å². The first kappa shape index (κ1) is 28.0. The Hall–Kier alpha value is -1.02. The van der Waals surface area contributed by atoms with E-state index in [1.54, 1.807) is 14.2 Å². The van der Waals surface area contributed by atoms with Crippen molar-refractivity contribution in [3.63, 3.8) is 0 Å². The predicted octanol–water partition coefficient (Wildman–Crippen LogP) is 5.00. The van der Waals surface area contributed by atoms with Crippen molar-refractivity contribution >= 4 is 11.8 Å². The Labute approximate surface area is 217 Å². The SMILES string of the molecule is COCO[C@@H]1CC[C@]2(C)C3CC[C@]4(C)[C@@H]([C@H](C)CC(=O)C(=O)OC)CC[C@H]4C3[C@H](OCOC)C[C@@H]2C1. The number of esters is 1. The lowest BCUT2D eigenvalue weighted by atomic mass is 9.43. The highest BCUT2D eigenvalue weighted by Gasteiger charge is 2.63. The first-order chi connectivity index (χ1) is 17.2. The van der Waals surface area contributed by atoms with Crippen LogP contribution in [-0.4, -0.2) is 58.9 Å². The van der Waals surface area contributed by atoms with Crippen LogP contribution in [0.2, 0.25) is 0 Å². The number of ether oxygens (including phenoxy) is 5. The summed E-state index contributed by atoms with van der Waals surface area (Å²) in [7, 11) is 4.68. The van der Waals surface area contributed by atoms with Crippen molar-refractivity contribution in [2.75, 3.05) is 34.9 Å². The third-order valence-corrected chi connectivity index (χ3v) is 11.1. The van der Waals surface area contributed by atoms with E-state index in [0.29, 0.717) is 48.6 Å². The van der Waals surface area contributed by atoms with Gasteiger partial charge in [-0.05, 0) is 97.7 Å². The third-order valence-electron chi connectivity index (χ3n) is 11.1. The van der Waals surface area contributed by atoms with Crippen LogP contribution in [0.15, 0.2) is 0 Å². The molecule has 4 rings (SSSR count). The maximum atomic E-state index is 12.4. The van der Waals surface area contributed by atoms with Crippen LogP contribution < -0.4 is 0 Å². The van der Waals surface area contributed by atoms with Gasteiger partial charge in [0.05, 0.1) is 19.3 Å². The Bertz CT molecular complexity index is 786. The van der Waals surface area contributed by atoms with E-state index in [1.165, 1.54) is 32.8 Å². The Morgan fingerprint density at radius 1 is 0.861 bits per heavy atom. The summed E-state index contributed by atoms with van der Waals surface area (Å²) in [6, 6.07) is 0. The molecular weight excluding hydrogens is 460 g/mol. The van der Waals surface area contributed by atoms with Crippen molar-refractivity contribution < 1.29 is 33.3 Å². The van der Waals surface area contributed by atoms with Gasteiger partial charge in [-0.15, -0.1) is 0 Å². The summed E-state index contributed by atoms with van der Waals surface area (Å²) in [5, 5.41) is 0. The molecule has 4 aliphatic rings. The van der Waals surface area contributed by atoms with E-state index in [2.05, 4.69) is 25.5 Å². The van der Waals surface area contributed by atoms with Gasteiger partial charge in [-0.25, -0.2) is 4.79 Å². The molecule has 0 radical (unpaired) electrons. The molecule has 2 unspecified atom stereocenters. The van der Waals surface area contributed by atoms with Gasteiger partial charge in [0, 0.05) is 20.6 Å². The normalized spacial score (nSPS) is 42.7. The number of carbonyl (C=O) groups excluding carboxylic acids is 2. The molecule has 36 heavy (non-hydrogen) atoms. The molecule has 0 aromatic carbocycles. The molecule has 7 nitrogen and oxygen atoms in total. The first-order valence-corrected chi connectivity index (χ1v) is 14.0.